The van der Waals surface area contributed by atoms with Crippen molar-refractivity contribution in [2.75, 3.05) is 67.0 Å². The normalized spacial score (nSPS) is 13.7. The van der Waals surface area contributed by atoms with E-state index in [1.807, 2.05) is 26.0 Å². The lowest BCUT2D eigenvalue weighted by molar-refractivity contribution is -0.116. The van der Waals surface area contributed by atoms with Crippen LogP contribution in [0.4, 0.5) is 5.82 Å². The van der Waals surface area contributed by atoms with E-state index < -0.39 is 0 Å². The van der Waals surface area contributed by atoms with Gasteiger partial charge in [0.05, 0.1) is 30.6 Å². The summed E-state index contributed by atoms with van der Waals surface area (Å²) in [5, 5.41) is 3.62. The molecule has 0 spiro atoms. The summed E-state index contributed by atoms with van der Waals surface area (Å²) in [5.41, 5.74) is 1.12. The summed E-state index contributed by atoms with van der Waals surface area (Å²) >= 11 is 0. The maximum Gasteiger partial charge on any atom is 0.204 e. The lowest BCUT2D eigenvalue weighted by Crippen LogP contribution is -2.30. The van der Waals surface area contributed by atoms with Crippen LogP contribution >= 0.6 is 0 Å². The number of nitrogens with one attached hydrogen (secondary N) is 1. The predicted molar refractivity (Wildman–Crippen MR) is 129 cm³/mol. The molecular formula is C24H31N5O5. The third-order valence-electron chi connectivity index (χ3n) is 5.29. The number of carbonyl (C=O) groups is 2. The molecule has 3 rings (SSSR count). The zero-order valence-electron chi connectivity index (χ0n) is 20.3. The van der Waals surface area contributed by atoms with Crippen LogP contribution < -0.4 is 14.8 Å². The minimum absolute atomic E-state index is 0.148. The molecule has 0 radical (unpaired) electrons. The molecule has 10 nitrogen and oxygen atoms in total. The summed E-state index contributed by atoms with van der Waals surface area (Å²) < 4.78 is 16.2. The topological polar surface area (TPSA) is 106 Å². The third-order valence-corrected chi connectivity index (χ3v) is 5.29. The van der Waals surface area contributed by atoms with Crippen LogP contribution in [0.2, 0.25) is 0 Å². The monoisotopic (exact) mass is 469 g/mol. The largest absolute Gasteiger partial charge is 0.493 e. The Bertz CT molecular complexity index is 1110. The van der Waals surface area contributed by atoms with E-state index in [1.54, 1.807) is 19.2 Å². The summed E-state index contributed by atoms with van der Waals surface area (Å²) in [4.78, 5) is 38.0. The Morgan fingerprint density at radius 3 is 2.44 bits per heavy atom. The minimum Gasteiger partial charge on any atom is -0.493 e. The Labute approximate surface area is 199 Å². The SMILES string of the molecule is COCCOc1cc2ncnc(NC3=CC(=O)C(N(C)CCCN(C)C)=CC3=O)c2cc1OC. The van der Waals surface area contributed by atoms with Crippen LogP contribution in [0.3, 0.4) is 0 Å². The molecule has 1 heterocycles. The Hall–Kier alpha value is -3.50. The number of ether oxygens (including phenoxy) is 3. The van der Waals surface area contributed by atoms with Crippen LogP contribution in [0.1, 0.15) is 6.42 Å². The summed E-state index contributed by atoms with van der Waals surface area (Å²) in [7, 11) is 8.94. The maximum atomic E-state index is 12.8. The predicted octanol–water partition coefficient (Wildman–Crippen LogP) is 1.88. The molecule has 1 aliphatic carbocycles. The van der Waals surface area contributed by atoms with Crippen molar-refractivity contribution in [1.82, 2.24) is 19.8 Å². The van der Waals surface area contributed by atoms with Gasteiger partial charge in [-0.05, 0) is 33.1 Å². The highest BCUT2D eigenvalue weighted by Gasteiger charge is 2.24. The molecule has 182 valence electrons. The summed E-state index contributed by atoms with van der Waals surface area (Å²) in [6.45, 7) is 2.36. The van der Waals surface area contributed by atoms with Crippen LogP contribution in [0, 0.1) is 0 Å². The van der Waals surface area contributed by atoms with Crippen LogP contribution in [-0.2, 0) is 14.3 Å². The second-order valence-electron chi connectivity index (χ2n) is 8.10. The zero-order chi connectivity index (χ0) is 24.7. The van der Waals surface area contributed by atoms with Gasteiger partial charge in [0.1, 0.15) is 18.8 Å². The first kappa shape index (κ1) is 25.1. The lowest BCUT2D eigenvalue weighted by atomic mass is 10.0. The molecule has 2 aromatic rings. The average Bonchev–Trinajstić information content (AvgIpc) is 2.80. The summed E-state index contributed by atoms with van der Waals surface area (Å²) in [6, 6.07) is 3.47. The van der Waals surface area contributed by atoms with Crippen LogP contribution in [-0.4, -0.2) is 93.0 Å². The molecule has 0 fully saturated rings. The molecule has 34 heavy (non-hydrogen) atoms. The Morgan fingerprint density at radius 1 is 0.941 bits per heavy atom. The highest BCUT2D eigenvalue weighted by atomic mass is 16.5. The molecule has 0 saturated carbocycles. The van der Waals surface area contributed by atoms with Gasteiger partial charge in [-0.1, -0.05) is 0 Å². The fraction of sp³-hybridized carbons (Fsp3) is 0.417. The van der Waals surface area contributed by atoms with Gasteiger partial charge in [0.15, 0.2) is 11.5 Å². The van der Waals surface area contributed by atoms with E-state index >= 15 is 0 Å². The molecule has 0 amide bonds. The van der Waals surface area contributed by atoms with E-state index in [4.69, 9.17) is 14.2 Å². The first-order valence-electron chi connectivity index (χ1n) is 10.9. The molecule has 1 N–H and O–H groups in total. The first-order chi connectivity index (χ1) is 16.3. The molecule has 1 aliphatic rings. The molecule has 0 bridgehead atoms. The third kappa shape index (κ3) is 6.09. The molecule has 1 aromatic carbocycles. The van der Waals surface area contributed by atoms with Gasteiger partial charge >= 0.3 is 0 Å². The van der Waals surface area contributed by atoms with E-state index in [-0.39, 0.29) is 17.3 Å². The molecule has 1 aromatic heterocycles. The van der Waals surface area contributed by atoms with Gasteiger partial charge in [0, 0.05) is 44.3 Å². The van der Waals surface area contributed by atoms with Gasteiger partial charge in [-0.25, -0.2) is 9.97 Å². The number of hydrogen-bond donors (Lipinski definition) is 1. The molecule has 0 saturated heterocycles. The van der Waals surface area contributed by atoms with Crippen LogP contribution in [0.15, 0.2) is 42.0 Å². The standard InChI is InChI=1S/C24H31N5O5/c1-28(2)7-6-8-29(3)19-14-20(30)18(12-21(19)31)27-24-16-11-22(33-5)23(34-10-9-32-4)13-17(16)25-15-26-24/h11-15H,6-10H2,1-5H3,(H,25,26,27). The van der Waals surface area contributed by atoms with E-state index in [2.05, 4.69) is 20.2 Å². The van der Waals surface area contributed by atoms with Gasteiger partial charge in [-0.2, -0.15) is 0 Å². The van der Waals surface area contributed by atoms with E-state index in [0.29, 0.717) is 53.7 Å². The molecule has 0 unspecified atom stereocenters. The summed E-state index contributed by atoms with van der Waals surface area (Å²) in [5.74, 6) is 0.856. The number of carbonyl (C=O) groups excluding carboxylic acids is 2. The second kappa shape index (κ2) is 11.6. The number of methoxy groups -OCH3 is 2. The van der Waals surface area contributed by atoms with E-state index in [0.717, 1.165) is 13.0 Å². The first-order valence-corrected chi connectivity index (χ1v) is 10.9. The van der Waals surface area contributed by atoms with E-state index in [1.165, 1.54) is 25.6 Å². The van der Waals surface area contributed by atoms with Crippen molar-refractivity contribution in [3.8, 4) is 11.5 Å². The number of allylic oxidation sites excluding steroid dienone is 2. The highest BCUT2D eigenvalue weighted by molar-refractivity contribution is 6.21. The summed E-state index contributed by atoms with van der Waals surface area (Å²) in [6.07, 6.45) is 4.94. The van der Waals surface area contributed by atoms with Gasteiger partial charge in [0.25, 0.3) is 0 Å². The minimum atomic E-state index is -0.299. The molecule has 0 aliphatic heterocycles. The van der Waals surface area contributed by atoms with Crippen molar-refractivity contribution in [2.24, 2.45) is 0 Å². The smallest absolute Gasteiger partial charge is 0.204 e. The number of anilines is 1. The van der Waals surface area contributed by atoms with Crippen molar-refractivity contribution in [1.29, 1.82) is 0 Å². The zero-order valence-corrected chi connectivity index (χ0v) is 20.3. The number of hydrogen-bond acceptors (Lipinski definition) is 10. The van der Waals surface area contributed by atoms with E-state index in [9.17, 15) is 9.59 Å². The van der Waals surface area contributed by atoms with Crippen molar-refractivity contribution in [3.05, 3.63) is 42.0 Å². The highest BCUT2D eigenvalue weighted by Crippen LogP contribution is 2.34. The number of fused-ring (bicyclic) bond motifs is 1. The Kier molecular flexibility index (Phi) is 8.55. The van der Waals surface area contributed by atoms with Gasteiger partial charge in [-0.15, -0.1) is 0 Å². The van der Waals surface area contributed by atoms with Gasteiger partial charge in [0.2, 0.25) is 11.6 Å². The van der Waals surface area contributed by atoms with Crippen LogP contribution in [0.5, 0.6) is 11.5 Å². The molecule has 0 atom stereocenters. The fourth-order valence-electron chi connectivity index (χ4n) is 3.49. The lowest BCUT2D eigenvalue weighted by Gasteiger charge is -2.24. The number of likely N-dealkylation sites (N-methyl/N-ethyl adjacent to an activating group) is 1. The Morgan fingerprint density at radius 2 is 1.74 bits per heavy atom. The molecular weight excluding hydrogens is 438 g/mol. The number of benzene rings is 1. The number of aromatic nitrogens is 2. The van der Waals surface area contributed by atoms with Crippen molar-refractivity contribution >= 4 is 28.3 Å². The number of rotatable bonds is 12. The second-order valence-corrected chi connectivity index (χ2v) is 8.10. The number of ketones is 2. The van der Waals surface area contributed by atoms with Gasteiger partial charge in [-0.3, -0.25) is 9.59 Å². The van der Waals surface area contributed by atoms with Crippen molar-refractivity contribution < 1.29 is 23.8 Å². The molecule has 10 heteroatoms. The van der Waals surface area contributed by atoms with Crippen LogP contribution in [0.25, 0.3) is 10.9 Å². The van der Waals surface area contributed by atoms with Gasteiger partial charge < -0.3 is 29.3 Å². The number of nitrogens with zero attached hydrogens (tertiary/aromatic N) is 4. The fourth-order valence-corrected chi connectivity index (χ4v) is 3.49. The Balaban J connectivity index is 1.80. The quantitative estimate of drug-likeness (QED) is 0.366. The average molecular weight is 470 g/mol. The maximum absolute atomic E-state index is 12.8. The van der Waals surface area contributed by atoms with Crippen molar-refractivity contribution in [3.63, 3.8) is 0 Å². The van der Waals surface area contributed by atoms with Crippen molar-refractivity contribution in [2.45, 2.75) is 6.42 Å².